The molecule has 0 spiro atoms. The molecule has 0 radical (unpaired) electrons. The molecule has 0 aliphatic heterocycles. The number of nitrogens with one attached hydrogen (secondary N) is 1. The summed E-state index contributed by atoms with van der Waals surface area (Å²) in [5.41, 5.74) is 1.00. The molecule has 0 aromatic carbocycles. The van der Waals surface area contributed by atoms with Crippen molar-refractivity contribution in [2.75, 3.05) is 6.54 Å². The molecule has 0 aliphatic rings. The molecule has 0 unspecified atom stereocenters. The van der Waals surface area contributed by atoms with Crippen LogP contribution in [0.15, 0.2) is 24.4 Å². The van der Waals surface area contributed by atoms with Crippen molar-refractivity contribution in [3.63, 3.8) is 0 Å². The van der Waals surface area contributed by atoms with E-state index in [1.165, 1.54) is 0 Å². The molecule has 18 heavy (non-hydrogen) atoms. The van der Waals surface area contributed by atoms with E-state index in [2.05, 4.69) is 10.3 Å². The molecule has 0 aliphatic carbocycles. The highest BCUT2D eigenvalue weighted by molar-refractivity contribution is 5.73. The van der Waals surface area contributed by atoms with E-state index in [1.807, 2.05) is 18.2 Å². The molecule has 0 bridgehead atoms. The molecule has 2 N–H and O–H groups in total. The zero-order valence-corrected chi connectivity index (χ0v) is 9.15. The summed E-state index contributed by atoms with van der Waals surface area (Å²) in [4.78, 5) is 22.9. The largest absolute Gasteiger partial charge is 0.490 e. The second-order valence-electron chi connectivity index (χ2n) is 2.95. The minimum Gasteiger partial charge on any atom is -0.475 e. The number of aliphatic carboxylic acids is 1. The molecule has 1 aromatic rings. The number of pyridine rings is 1. The molecule has 1 heterocycles. The number of rotatable bonds is 4. The summed E-state index contributed by atoms with van der Waals surface area (Å²) in [7, 11) is 0. The van der Waals surface area contributed by atoms with Crippen molar-refractivity contribution in [2.45, 2.75) is 12.6 Å². The van der Waals surface area contributed by atoms with Crippen LogP contribution in [0.1, 0.15) is 5.69 Å². The lowest BCUT2D eigenvalue weighted by Crippen LogP contribution is -2.21. The fraction of sp³-hybridized carbons (Fsp3) is 0.300. The standard InChI is InChI=1S/C8H10N2O.C2HF3O2/c11-7-9-6-4-8-3-1-2-5-10-8;3-2(4,5)1(6)7/h1-3,5,7H,4,6H2,(H,9,11);(H,6,7). The van der Waals surface area contributed by atoms with Crippen LogP contribution in [0.2, 0.25) is 0 Å². The van der Waals surface area contributed by atoms with E-state index < -0.39 is 12.1 Å². The Balaban J connectivity index is 0.000000360. The van der Waals surface area contributed by atoms with Crippen LogP contribution in [0.3, 0.4) is 0 Å². The Morgan fingerprint density at radius 2 is 2.06 bits per heavy atom. The van der Waals surface area contributed by atoms with Crippen LogP contribution in [0.25, 0.3) is 0 Å². The van der Waals surface area contributed by atoms with Gasteiger partial charge in [-0.2, -0.15) is 13.2 Å². The fourth-order valence-corrected chi connectivity index (χ4v) is 0.805. The number of amides is 1. The molecule has 100 valence electrons. The summed E-state index contributed by atoms with van der Waals surface area (Å²) in [5, 5.41) is 9.70. The van der Waals surface area contributed by atoms with Crippen LogP contribution in [0, 0.1) is 0 Å². The van der Waals surface area contributed by atoms with Crippen LogP contribution in [-0.4, -0.2) is 35.2 Å². The van der Waals surface area contributed by atoms with Crippen molar-refractivity contribution in [1.82, 2.24) is 10.3 Å². The van der Waals surface area contributed by atoms with Crippen molar-refractivity contribution >= 4 is 12.4 Å². The molecule has 8 heteroatoms. The number of carbonyl (C=O) groups excluding carboxylic acids is 1. The van der Waals surface area contributed by atoms with Crippen LogP contribution in [0.4, 0.5) is 13.2 Å². The topological polar surface area (TPSA) is 79.3 Å². The molecule has 0 saturated heterocycles. The average Bonchev–Trinajstić information content (AvgIpc) is 2.30. The minimum absolute atomic E-state index is 0.653. The number of nitrogens with zero attached hydrogens (tertiary/aromatic N) is 1. The van der Waals surface area contributed by atoms with Gasteiger partial charge in [0.1, 0.15) is 0 Å². The Bertz CT molecular complexity index is 368. The minimum atomic E-state index is -5.08. The number of alkyl halides is 3. The third-order valence-electron chi connectivity index (χ3n) is 1.58. The van der Waals surface area contributed by atoms with Gasteiger partial charge >= 0.3 is 12.1 Å². The normalized spacial score (nSPS) is 9.94. The van der Waals surface area contributed by atoms with Crippen LogP contribution >= 0.6 is 0 Å². The zero-order chi connectivity index (χ0) is 14.0. The Morgan fingerprint density at radius 3 is 2.44 bits per heavy atom. The maximum Gasteiger partial charge on any atom is 0.490 e. The Labute approximate surface area is 101 Å². The second kappa shape index (κ2) is 8.04. The van der Waals surface area contributed by atoms with Gasteiger partial charge in [0.15, 0.2) is 0 Å². The number of hydrogen-bond acceptors (Lipinski definition) is 3. The van der Waals surface area contributed by atoms with Gasteiger partial charge in [0, 0.05) is 24.9 Å². The number of halogens is 3. The van der Waals surface area contributed by atoms with E-state index >= 15 is 0 Å². The molecule has 1 aromatic heterocycles. The van der Waals surface area contributed by atoms with Crippen molar-refractivity contribution < 1.29 is 27.9 Å². The Morgan fingerprint density at radius 1 is 1.44 bits per heavy atom. The van der Waals surface area contributed by atoms with Crippen molar-refractivity contribution in [3.05, 3.63) is 30.1 Å². The number of carboxylic acids is 1. The zero-order valence-electron chi connectivity index (χ0n) is 9.15. The van der Waals surface area contributed by atoms with Crippen LogP contribution < -0.4 is 5.32 Å². The van der Waals surface area contributed by atoms with Gasteiger partial charge in [0.25, 0.3) is 0 Å². The van der Waals surface area contributed by atoms with E-state index in [4.69, 9.17) is 9.90 Å². The van der Waals surface area contributed by atoms with Gasteiger partial charge in [-0.15, -0.1) is 0 Å². The number of hydrogen-bond donors (Lipinski definition) is 2. The maximum atomic E-state index is 10.6. The Hall–Kier alpha value is -2.12. The van der Waals surface area contributed by atoms with Gasteiger partial charge in [-0.1, -0.05) is 6.07 Å². The van der Waals surface area contributed by atoms with Crippen LogP contribution in [-0.2, 0) is 16.0 Å². The van der Waals surface area contributed by atoms with Gasteiger partial charge in [0.05, 0.1) is 0 Å². The maximum absolute atomic E-state index is 10.6. The summed E-state index contributed by atoms with van der Waals surface area (Å²) in [6, 6.07) is 5.74. The highest BCUT2D eigenvalue weighted by Crippen LogP contribution is 2.13. The predicted molar refractivity (Wildman–Crippen MR) is 55.7 cm³/mol. The smallest absolute Gasteiger partial charge is 0.475 e. The van der Waals surface area contributed by atoms with Gasteiger partial charge in [0.2, 0.25) is 6.41 Å². The highest BCUT2D eigenvalue weighted by atomic mass is 19.4. The summed E-state index contributed by atoms with van der Waals surface area (Å²) < 4.78 is 31.7. The lowest BCUT2D eigenvalue weighted by atomic mass is 10.3. The van der Waals surface area contributed by atoms with E-state index in [1.54, 1.807) is 6.20 Å². The van der Waals surface area contributed by atoms with E-state index in [0.29, 0.717) is 13.0 Å². The lowest BCUT2D eigenvalue weighted by Gasteiger charge is -1.97. The quantitative estimate of drug-likeness (QED) is 0.628. The average molecular weight is 264 g/mol. The van der Waals surface area contributed by atoms with Gasteiger partial charge < -0.3 is 10.4 Å². The third-order valence-corrected chi connectivity index (χ3v) is 1.58. The lowest BCUT2D eigenvalue weighted by molar-refractivity contribution is -0.192. The highest BCUT2D eigenvalue weighted by Gasteiger charge is 2.38. The SMILES string of the molecule is O=C(O)C(F)(F)F.O=CNCCc1ccccn1. The van der Waals surface area contributed by atoms with Gasteiger partial charge in [-0.05, 0) is 12.1 Å². The summed E-state index contributed by atoms with van der Waals surface area (Å²) in [6.45, 7) is 0.653. The first-order valence-electron chi connectivity index (χ1n) is 4.75. The molecule has 0 fully saturated rings. The molecule has 1 amide bonds. The Kier molecular flexibility index (Phi) is 7.10. The number of carbonyl (C=O) groups is 2. The molecule has 0 atom stereocenters. The summed E-state index contributed by atoms with van der Waals surface area (Å²) in [5.74, 6) is -2.76. The molecular formula is C10H11F3N2O3. The van der Waals surface area contributed by atoms with E-state index in [0.717, 1.165) is 12.1 Å². The van der Waals surface area contributed by atoms with E-state index in [-0.39, 0.29) is 0 Å². The second-order valence-corrected chi connectivity index (χ2v) is 2.95. The number of carboxylic acid groups (broad SMARTS) is 1. The first-order chi connectivity index (χ1) is 8.38. The summed E-state index contributed by atoms with van der Waals surface area (Å²) in [6.07, 6.45) is -1.85. The van der Waals surface area contributed by atoms with Gasteiger partial charge in [-0.3, -0.25) is 9.78 Å². The van der Waals surface area contributed by atoms with Crippen molar-refractivity contribution in [2.24, 2.45) is 0 Å². The molecule has 0 saturated carbocycles. The molecular weight excluding hydrogens is 253 g/mol. The predicted octanol–water partition coefficient (Wildman–Crippen LogP) is 1.00. The van der Waals surface area contributed by atoms with E-state index in [9.17, 15) is 18.0 Å². The first kappa shape index (κ1) is 15.9. The third kappa shape index (κ3) is 8.08. The van der Waals surface area contributed by atoms with Crippen molar-refractivity contribution in [1.29, 1.82) is 0 Å². The monoisotopic (exact) mass is 264 g/mol. The van der Waals surface area contributed by atoms with Gasteiger partial charge in [-0.25, -0.2) is 4.79 Å². The van der Waals surface area contributed by atoms with Crippen LogP contribution in [0.5, 0.6) is 0 Å². The molecule has 5 nitrogen and oxygen atoms in total. The first-order valence-corrected chi connectivity index (χ1v) is 4.75. The van der Waals surface area contributed by atoms with Crippen molar-refractivity contribution in [3.8, 4) is 0 Å². The fourth-order valence-electron chi connectivity index (χ4n) is 0.805. The summed E-state index contributed by atoms with van der Waals surface area (Å²) >= 11 is 0. The molecule has 1 rings (SSSR count). The number of aromatic nitrogens is 1.